The van der Waals surface area contributed by atoms with Crippen LogP contribution in [0, 0.1) is 5.41 Å². The molecule has 0 aromatic rings. The highest BCUT2D eigenvalue weighted by atomic mass is 16.5. The fourth-order valence-corrected chi connectivity index (χ4v) is 2.61. The predicted octanol–water partition coefficient (Wildman–Crippen LogP) is 1.73. The van der Waals surface area contributed by atoms with Gasteiger partial charge in [-0.2, -0.15) is 0 Å². The number of methoxy groups -OCH3 is 1. The van der Waals surface area contributed by atoms with Crippen molar-refractivity contribution in [2.75, 3.05) is 40.4 Å². The summed E-state index contributed by atoms with van der Waals surface area (Å²) in [5.41, 5.74) is 0.373. The summed E-state index contributed by atoms with van der Waals surface area (Å²) < 4.78 is 5.44. The Bertz CT molecular complexity index is 185. The van der Waals surface area contributed by atoms with Crippen LogP contribution >= 0.6 is 0 Å². The lowest BCUT2D eigenvalue weighted by atomic mass is 9.79. The molecule has 0 aromatic heterocycles. The lowest BCUT2D eigenvalue weighted by molar-refractivity contribution is 0.0200. The molecule has 1 fully saturated rings. The maximum absolute atomic E-state index is 5.44. The van der Waals surface area contributed by atoms with Gasteiger partial charge in [-0.25, -0.2) is 0 Å². The van der Waals surface area contributed by atoms with Crippen LogP contribution in [0.4, 0.5) is 0 Å². The van der Waals surface area contributed by atoms with Gasteiger partial charge in [0.25, 0.3) is 0 Å². The van der Waals surface area contributed by atoms with Crippen LogP contribution < -0.4 is 5.32 Å². The summed E-state index contributed by atoms with van der Waals surface area (Å²) >= 11 is 0. The van der Waals surface area contributed by atoms with E-state index in [4.69, 9.17) is 4.74 Å². The summed E-state index contributed by atoms with van der Waals surface area (Å²) in [7, 11) is 4.07. The van der Waals surface area contributed by atoms with Gasteiger partial charge in [0, 0.05) is 25.1 Å². The fourth-order valence-electron chi connectivity index (χ4n) is 2.61. The molecule has 96 valence electrons. The second-order valence-electron chi connectivity index (χ2n) is 5.36. The van der Waals surface area contributed by atoms with Crippen LogP contribution in [0.5, 0.6) is 0 Å². The number of rotatable bonds is 6. The number of hydrogen-bond acceptors (Lipinski definition) is 3. The first-order valence-corrected chi connectivity index (χ1v) is 6.53. The third-order valence-corrected chi connectivity index (χ3v) is 4.04. The molecule has 0 radical (unpaired) electrons. The second kappa shape index (κ2) is 6.58. The van der Waals surface area contributed by atoms with Gasteiger partial charge in [-0.15, -0.1) is 0 Å². The van der Waals surface area contributed by atoms with Crippen molar-refractivity contribution in [2.24, 2.45) is 5.41 Å². The Morgan fingerprint density at radius 1 is 1.38 bits per heavy atom. The highest BCUT2D eigenvalue weighted by molar-refractivity contribution is 4.87. The molecular formula is C13H28N2O. The molecule has 3 heteroatoms. The zero-order valence-electron chi connectivity index (χ0n) is 11.4. The molecule has 0 spiro atoms. The van der Waals surface area contributed by atoms with E-state index >= 15 is 0 Å². The SMILES string of the molecule is CCC(C)N(C)CC1(COC)CCNCC1. The Morgan fingerprint density at radius 2 is 2.00 bits per heavy atom. The topological polar surface area (TPSA) is 24.5 Å². The molecule has 1 unspecified atom stereocenters. The van der Waals surface area contributed by atoms with Crippen molar-refractivity contribution < 1.29 is 4.74 Å². The molecule has 0 saturated carbocycles. The molecule has 1 heterocycles. The van der Waals surface area contributed by atoms with Crippen LogP contribution in [0.1, 0.15) is 33.1 Å². The van der Waals surface area contributed by atoms with Crippen LogP contribution in [0.25, 0.3) is 0 Å². The molecule has 0 aliphatic carbocycles. The first-order valence-electron chi connectivity index (χ1n) is 6.53. The van der Waals surface area contributed by atoms with E-state index in [-0.39, 0.29) is 0 Å². The van der Waals surface area contributed by atoms with Crippen LogP contribution in [0.15, 0.2) is 0 Å². The van der Waals surface area contributed by atoms with E-state index in [1.807, 2.05) is 7.11 Å². The molecule has 16 heavy (non-hydrogen) atoms. The molecule has 0 aromatic carbocycles. The second-order valence-corrected chi connectivity index (χ2v) is 5.36. The van der Waals surface area contributed by atoms with E-state index in [1.54, 1.807) is 0 Å². The minimum Gasteiger partial charge on any atom is -0.384 e. The quantitative estimate of drug-likeness (QED) is 0.749. The lowest BCUT2D eigenvalue weighted by Gasteiger charge is -2.41. The molecule has 1 aliphatic rings. The monoisotopic (exact) mass is 228 g/mol. The lowest BCUT2D eigenvalue weighted by Crippen LogP contribution is -2.48. The molecule has 1 aliphatic heterocycles. The molecule has 1 rings (SSSR count). The zero-order chi connectivity index (χ0) is 12.0. The highest BCUT2D eigenvalue weighted by Crippen LogP contribution is 2.30. The third-order valence-electron chi connectivity index (χ3n) is 4.04. The van der Waals surface area contributed by atoms with Crippen LogP contribution in [-0.2, 0) is 4.74 Å². The molecule has 0 bridgehead atoms. The third kappa shape index (κ3) is 3.72. The van der Waals surface area contributed by atoms with Gasteiger partial charge >= 0.3 is 0 Å². The Labute approximate surface area is 101 Å². The number of nitrogens with one attached hydrogen (secondary N) is 1. The summed E-state index contributed by atoms with van der Waals surface area (Å²) in [6.07, 6.45) is 3.70. The number of ether oxygens (including phenoxy) is 1. The summed E-state index contributed by atoms with van der Waals surface area (Å²) in [5.74, 6) is 0. The summed E-state index contributed by atoms with van der Waals surface area (Å²) in [5, 5.41) is 3.44. The van der Waals surface area contributed by atoms with E-state index in [2.05, 4.69) is 31.1 Å². The average molecular weight is 228 g/mol. The summed E-state index contributed by atoms with van der Waals surface area (Å²) in [6, 6.07) is 0.670. The van der Waals surface area contributed by atoms with Crippen molar-refractivity contribution in [2.45, 2.75) is 39.2 Å². The van der Waals surface area contributed by atoms with E-state index in [9.17, 15) is 0 Å². The molecular weight excluding hydrogens is 200 g/mol. The normalized spacial score (nSPS) is 22.3. The Morgan fingerprint density at radius 3 is 2.50 bits per heavy atom. The number of piperidine rings is 1. The fraction of sp³-hybridized carbons (Fsp3) is 1.00. The molecule has 3 nitrogen and oxygen atoms in total. The van der Waals surface area contributed by atoms with Crippen molar-refractivity contribution >= 4 is 0 Å². The van der Waals surface area contributed by atoms with Crippen LogP contribution in [0.2, 0.25) is 0 Å². The molecule has 1 saturated heterocycles. The van der Waals surface area contributed by atoms with Gasteiger partial charge in [0.1, 0.15) is 0 Å². The maximum Gasteiger partial charge on any atom is 0.0531 e. The van der Waals surface area contributed by atoms with Crippen molar-refractivity contribution in [3.8, 4) is 0 Å². The Balaban J connectivity index is 2.55. The Kier molecular flexibility index (Phi) is 5.73. The minimum absolute atomic E-state index is 0.373. The van der Waals surface area contributed by atoms with Crippen LogP contribution in [-0.4, -0.2) is 51.3 Å². The maximum atomic E-state index is 5.44. The van der Waals surface area contributed by atoms with Gasteiger partial charge in [0.2, 0.25) is 0 Å². The van der Waals surface area contributed by atoms with Crippen LogP contribution in [0.3, 0.4) is 0 Å². The minimum atomic E-state index is 0.373. The first kappa shape index (κ1) is 13.9. The van der Waals surface area contributed by atoms with E-state index in [0.717, 1.165) is 26.2 Å². The largest absolute Gasteiger partial charge is 0.384 e. The smallest absolute Gasteiger partial charge is 0.0531 e. The van der Waals surface area contributed by atoms with Gasteiger partial charge < -0.3 is 15.0 Å². The average Bonchev–Trinajstić information content (AvgIpc) is 2.29. The van der Waals surface area contributed by atoms with Gasteiger partial charge in [-0.1, -0.05) is 6.92 Å². The van der Waals surface area contributed by atoms with E-state index in [0.29, 0.717) is 11.5 Å². The Hall–Kier alpha value is -0.120. The van der Waals surface area contributed by atoms with Gasteiger partial charge in [-0.3, -0.25) is 0 Å². The molecule has 1 atom stereocenters. The highest BCUT2D eigenvalue weighted by Gasteiger charge is 2.33. The van der Waals surface area contributed by atoms with Crippen molar-refractivity contribution in [3.05, 3.63) is 0 Å². The summed E-state index contributed by atoms with van der Waals surface area (Å²) in [4.78, 5) is 2.49. The molecule has 1 N–H and O–H groups in total. The standard InChI is InChI=1S/C13H28N2O/c1-5-12(2)15(3)10-13(11-16-4)6-8-14-9-7-13/h12,14H,5-11H2,1-4H3. The number of hydrogen-bond donors (Lipinski definition) is 1. The zero-order valence-corrected chi connectivity index (χ0v) is 11.4. The van der Waals surface area contributed by atoms with E-state index < -0.39 is 0 Å². The van der Waals surface area contributed by atoms with Gasteiger partial charge in [0.15, 0.2) is 0 Å². The van der Waals surface area contributed by atoms with E-state index in [1.165, 1.54) is 19.3 Å². The summed E-state index contributed by atoms with van der Waals surface area (Å²) in [6.45, 7) is 8.90. The van der Waals surface area contributed by atoms with Crippen molar-refractivity contribution in [3.63, 3.8) is 0 Å². The van der Waals surface area contributed by atoms with Gasteiger partial charge in [0.05, 0.1) is 6.61 Å². The predicted molar refractivity (Wildman–Crippen MR) is 68.8 cm³/mol. The first-order chi connectivity index (χ1) is 7.63. The van der Waals surface area contributed by atoms with Crippen molar-refractivity contribution in [1.29, 1.82) is 0 Å². The number of nitrogens with zero attached hydrogens (tertiary/aromatic N) is 1. The van der Waals surface area contributed by atoms with Crippen molar-refractivity contribution in [1.82, 2.24) is 10.2 Å². The molecule has 0 amide bonds. The van der Waals surface area contributed by atoms with Gasteiger partial charge in [-0.05, 0) is 46.3 Å².